The standard InChI is InChI=1S/C17H23ClN2O3/c18-14-1-3-15(4-2-14)23-12-8-19-16(21)20-9-5-17(13-20)6-10-22-11-7-17/h1-4H,5-13H2,(H,19,21). The first-order valence-electron chi connectivity index (χ1n) is 8.16. The minimum absolute atomic E-state index is 0.00747. The average molecular weight is 339 g/mol. The largest absolute Gasteiger partial charge is 0.492 e. The molecule has 0 saturated carbocycles. The van der Waals surface area contributed by atoms with Crippen LogP contribution in [0.2, 0.25) is 5.02 Å². The molecule has 2 amide bonds. The molecule has 1 spiro atoms. The zero-order valence-corrected chi connectivity index (χ0v) is 14.0. The van der Waals surface area contributed by atoms with Crippen molar-refractivity contribution in [3.8, 4) is 5.75 Å². The van der Waals surface area contributed by atoms with Crippen molar-refractivity contribution in [2.75, 3.05) is 39.5 Å². The van der Waals surface area contributed by atoms with Crippen LogP contribution in [-0.2, 0) is 4.74 Å². The molecule has 5 nitrogen and oxygen atoms in total. The Morgan fingerprint density at radius 1 is 1.26 bits per heavy atom. The van der Waals surface area contributed by atoms with Crippen molar-refractivity contribution in [2.45, 2.75) is 19.3 Å². The molecular weight excluding hydrogens is 316 g/mol. The topological polar surface area (TPSA) is 50.8 Å². The Labute approximate surface area is 141 Å². The summed E-state index contributed by atoms with van der Waals surface area (Å²) in [5.74, 6) is 0.756. The van der Waals surface area contributed by atoms with Gasteiger partial charge in [-0.25, -0.2) is 4.79 Å². The van der Waals surface area contributed by atoms with Gasteiger partial charge in [0.2, 0.25) is 0 Å². The van der Waals surface area contributed by atoms with Crippen LogP contribution in [-0.4, -0.2) is 50.4 Å². The molecule has 2 aliphatic rings. The third kappa shape index (κ3) is 4.30. The third-order valence-corrected chi connectivity index (χ3v) is 4.99. The van der Waals surface area contributed by atoms with Crippen LogP contribution in [0.15, 0.2) is 24.3 Å². The molecule has 0 unspecified atom stereocenters. The van der Waals surface area contributed by atoms with Crippen molar-refractivity contribution < 1.29 is 14.3 Å². The van der Waals surface area contributed by atoms with Gasteiger partial charge >= 0.3 is 6.03 Å². The molecule has 3 rings (SSSR count). The molecule has 0 aliphatic carbocycles. The highest BCUT2D eigenvalue weighted by Crippen LogP contribution is 2.39. The number of halogens is 1. The Hall–Kier alpha value is -1.46. The molecule has 2 aliphatic heterocycles. The number of carbonyl (C=O) groups excluding carboxylic acids is 1. The zero-order chi connectivity index (χ0) is 16.1. The molecule has 2 heterocycles. The first-order chi connectivity index (χ1) is 11.2. The lowest BCUT2D eigenvalue weighted by Gasteiger charge is -2.33. The van der Waals surface area contributed by atoms with Crippen molar-refractivity contribution in [1.82, 2.24) is 10.2 Å². The van der Waals surface area contributed by atoms with Gasteiger partial charge in [-0.1, -0.05) is 11.6 Å². The lowest BCUT2D eigenvalue weighted by molar-refractivity contribution is 0.0208. The van der Waals surface area contributed by atoms with Crippen molar-refractivity contribution in [1.29, 1.82) is 0 Å². The van der Waals surface area contributed by atoms with E-state index >= 15 is 0 Å². The second-order valence-corrected chi connectivity index (χ2v) is 6.75. The molecule has 0 radical (unpaired) electrons. The van der Waals surface area contributed by atoms with Gasteiger partial charge in [0.1, 0.15) is 12.4 Å². The molecule has 0 atom stereocenters. The number of nitrogens with zero attached hydrogens (tertiary/aromatic N) is 1. The van der Waals surface area contributed by atoms with Crippen molar-refractivity contribution in [2.24, 2.45) is 5.41 Å². The fourth-order valence-corrected chi connectivity index (χ4v) is 3.42. The van der Waals surface area contributed by atoms with E-state index in [-0.39, 0.29) is 11.4 Å². The number of ether oxygens (including phenoxy) is 2. The van der Waals surface area contributed by atoms with Gasteiger partial charge in [0, 0.05) is 31.3 Å². The number of amides is 2. The quantitative estimate of drug-likeness (QED) is 0.859. The van der Waals surface area contributed by atoms with Crippen LogP contribution >= 0.6 is 11.6 Å². The van der Waals surface area contributed by atoms with Gasteiger partial charge in [0.05, 0.1) is 6.54 Å². The van der Waals surface area contributed by atoms with Gasteiger partial charge in [0.25, 0.3) is 0 Å². The second kappa shape index (κ2) is 7.41. The van der Waals surface area contributed by atoms with E-state index in [1.54, 1.807) is 12.1 Å². The summed E-state index contributed by atoms with van der Waals surface area (Å²) in [5, 5.41) is 3.62. The van der Waals surface area contributed by atoms with Gasteiger partial charge in [-0.3, -0.25) is 0 Å². The molecule has 23 heavy (non-hydrogen) atoms. The molecule has 1 aromatic carbocycles. The predicted molar refractivity (Wildman–Crippen MR) is 89.0 cm³/mol. The van der Waals surface area contributed by atoms with Crippen molar-refractivity contribution in [3.05, 3.63) is 29.3 Å². The Bertz CT molecular complexity index is 529. The van der Waals surface area contributed by atoms with E-state index in [9.17, 15) is 4.79 Å². The zero-order valence-electron chi connectivity index (χ0n) is 13.2. The summed E-state index contributed by atoms with van der Waals surface area (Å²) >= 11 is 5.82. The van der Waals surface area contributed by atoms with E-state index < -0.39 is 0 Å². The maximum Gasteiger partial charge on any atom is 0.317 e. The second-order valence-electron chi connectivity index (χ2n) is 6.32. The first-order valence-corrected chi connectivity index (χ1v) is 8.54. The lowest BCUT2D eigenvalue weighted by atomic mass is 9.80. The van der Waals surface area contributed by atoms with E-state index in [1.807, 2.05) is 17.0 Å². The molecule has 1 aromatic rings. The van der Waals surface area contributed by atoms with Crippen LogP contribution in [0.4, 0.5) is 4.79 Å². The van der Waals surface area contributed by atoms with Crippen molar-refractivity contribution in [3.63, 3.8) is 0 Å². The molecule has 2 saturated heterocycles. The van der Waals surface area contributed by atoms with Crippen LogP contribution < -0.4 is 10.1 Å². The van der Waals surface area contributed by atoms with E-state index in [0.717, 1.165) is 51.3 Å². The molecular formula is C17H23ClN2O3. The Morgan fingerprint density at radius 2 is 2.00 bits per heavy atom. The van der Waals surface area contributed by atoms with Gasteiger partial charge in [0.15, 0.2) is 0 Å². The first kappa shape index (κ1) is 16.4. The number of nitrogens with one attached hydrogen (secondary N) is 1. The van der Waals surface area contributed by atoms with Gasteiger partial charge in [-0.2, -0.15) is 0 Å². The highest BCUT2D eigenvalue weighted by Gasteiger charge is 2.40. The summed E-state index contributed by atoms with van der Waals surface area (Å²) in [5.41, 5.74) is 0.287. The number of rotatable bonds is 4. The summed E-state index contributed by atoms with van der Waals surface area (Å²) in [7, 11) is 0. The summed E-state index contributed by atoms with van der Waals surface area (Å²) < 4.78 is 11.0. The van der Waals surface area contributed by atoms with E-state index in [4.69, 9.17) is 21.1 Å². The molecule has 0 bridgehead atoms. The number of carbonyl (C=O) groups is 1. The number of likely N-dealkylation sites (tertiary alicyclic amines) is 1. The molecule has 1 N–H and O–H groups in total. The van der Waals surface area contributed by atoms with Crippen LogP contribution in [0.5, 0.6) is 5.75 Å². The number of benzene rings is 1. The van der Waals surface area contributed by atoms with Crippen LogP contribution in [0.3, 0.4) is 0 Å². The molecule has 126 valence electrons. The van der Waals surface area contributed by atoms with Crippen LogP contribution in [0, 0.1) is 5.41 Å². The highest BCUT2D eigenvalue weighted by molar-refractivity contribution is 6.30. The average Bonchev–Trinajstić information content (AvgIpc) is 2.97. The number of hydrogen-bond acceptors (Lipinski definition) is 3. The molecule has 6 heteroatoms. The SMILES string of the molecule is O=C(NCCOc1ccc(Cl)cc1)N1CCC2(CCOCC2)C1. The van der Waals surface area contributed by atoms with E-state index in [2.05, 4.69) is 5.32 Å². The summed E-state index contributed by atoms with van der Waals surface area (Å²) in [6, 6.07) is 7.21. The smallest absolute Gasteiger partial charge is 0.317 e. The minimum Gasteiger partial charge on any atom is -0.492 e. The summed E-state index contributed by atoms with van der Waals surface area (Å²) in [6.07, 6.45) is 3.22. The van der Waals surface area contributed by atoms with Crippen molar-refractivity contribution >= 4 is 17.6 Å². The van der Waals surface area contributed by atoms with Crippen LogP contribution in [0.1, 0.15) is 19.3 Å². The monoisotopic (exact) mass is 338 g/mol. The summed E-state index contributed by atoms with van der Waals surface area (Å²) in [6.45, 7) is 4.27. The van der Waals surface area contributed by atoms with Gasteiger partial charge < -0.3 is 19.7 Å². The third-order valence-electron chi connectivity index (χ3n) is 4.74. The van der Waals surface area contributed by atoms with Gasteiger partial charge in [-0.05, 0) is 48.9 Å². The Balaban J connectivity index is 1.37. The minimum atomic E-state index is 0.00747. The maximum atomic E-state index is 12.2. The predicted octanol–water partition coefficient (Wildman–Crippen LogP) is 2.93. The molecule has 2 fully saturated rings. The lowest BCUT2D eigenvalue weighted by Crippen LogP contribution is -2.42. The highest BCUT2D eigenvalue weighted by atomic mass is 35.5. The van der Waals surface area contributed by atoms with E-state index in [1.165, 1.54) is 0 Å². The van der Waals surface area contributed by atoms with Gasteiger partial charge in [-0.15, -0.1) is 0 Å². The van der Waals surface area contributed by atoms with Crippen LogP contribution in [0.25, 0.3) is 0 Å². The summed E-state index contributed by atoms with van der Waals surface area (Å²) in [4.78, 5) is 14.2. The number of hydrogen-bond donors (Lipinski definition) is 1. The molecule has 0 aromatic heterocycles. The fraction of sp³-hybridized carbons (Fsp3) is 0.588. The Morgan fingerprint density at radius 3 is 2.74 bits per heavy atom. The maximum absolute atomic E-state index is 12.2. The van der Waals surface area contributed by atoms with E-state index in [0.29, 0.717) is 18.2 Å². The normalized spacial score (nSPS) is 19.8. The number of urea groups is 1. The Kier molecular flexibility index (Phi) is 5.28. The fourth-order valence-electron chi connectivity index (χ4n) is 3.29.